The number of hydrogen-bond donors (Lipinski definition) is 2. The fraction of sp³-hybridized carbons (Fsp3) is 0.192. The van der Waals surface area contributed by atoms with Crippen molar-refractivity contribution in [3.05, 3.63) is 83.4 Å². The molecule has 0 saturated heterocycles. The minimum absolute atomic E-state index is 0.0239. The van der Waals surface area contributed by atoms with Gasteiger partial charge in [0.05, 0.1) is 10.7 Å². The highest BCUT2D eigenvalue weighted by molar-refractivity contribution is 6.33. The lowest BCUT2D eigenvalue weighted by molar-refractivity contribution is -0.147. The number of carbonyl (C=O) groups is 3. The molecule has 0 aliphatic heterocycles. The summed E-state index contributed by atoms with van der Waals surface area (Å²) in [5.41, 5.74) is 2.17. The number of para-hydroxylation sites is 1. The van der Waals surface area contributed by atoms with E-state index >= 15 is 0 Å². The maximum atomic E-state index is 12.1. The average molecular weight is 481 g/mol. The van der Waals surface area contributed by atoms with Crippen molar-refractivity contribution in [3.63, 3.8) is 0 Å². The van der Waals surface area contributed by atoms with Crippen molar-refractivity contribution in [2.75, 3.05) is 17.2 Å². The van der Waals surface area contributed by atoms with E-state index < -0.39 is 18.5 Å². The monoisotopic (exact) mass is 480 g/mol. The first-order valence-electron chi connectivity index (χ1n) is 10.7. The van der Waals surface area contributed by atoms with E-state index in [4.69, 9.17) is 21.1 Å². The standard InChI is InChI=1S/C26H25ClN2O5/c1-18-6-4-7-21(16-18)34-20-14-12-19(13-15-20)28-24(30)10-5-11-26(32)33-17-25(31)29-23-9-3-2-8-22(23)27/h2-4,6-9,12-16H,5,10-11,17H2,1H3,(H,28,30)(H,29,31). The Labute approximate surface area is 203 Å². The molecule has 0 aromatic heterocycles. The number of ether oxygens (including phenoxy) is 2. The van der Waals surface area contributed by atoms with Crippen LogP contribution in [-0.4, -0.2) is 24.4 Å². The number of esters is 1. The molecule has 0 saturated carbocycles. The van der Waals surface area contributed by atoms with Gasteiger partial charge in [0, 0.05) is 18.5 Å². The molecule has 2 N–H and O–H groups in total. The maximum Gasteiger partial charge on any atom is 0.306 e. The summed E-state index contributed by atoms with van der Waals surface area (Å²) >= 11 is 5.97. The fourth-order valence-corrected chi connectivity index (χ4v) is 3.19. The van der Waals surface area contributed by atoms with E-state index in [1.54, 1.807) is 48.5 Å². The summed E-state index contributed by atoms with van der Waals surface area (Å²) in [5, 5.41) is 5.73. The molecule has 176 valence electrons. The van der Waals surface area contributed by atoms with Crippen molar-refractivity contribution in [1.29, 1.82) is 0 Å². The van der Waals surface area contributed by atoms with E-state index in [0.29, 0.717) is 28.6 Å². The van der Waals surface area contributed by atoms with Crippen molar-refractivity contribution in [2.24, 2.45) is 0 Å². The minimum Gasteiger partial charge on any atom is -0.457 e. The number of nitrogens with one attached hydrogen (secondary N) is 2. The van der Waals surface area contributed by atoms with Gasteiger partial charge in [-0.3, -0.25) is 14.4 Å². The van der Waals surface area contributed by atoms with Crippen LogP contribution >= 0.6 is 11.6 Å². The van der Waals surface area contributed by atoms with Gasteiger partial charge in [0.25, 0.3) is 5.91 Å². The molecule has 8 heteroatoms. The Morgan fingerprint density at radius 2 is 1.59 bits per heavy atom. The molecule has 3 aromatic carbocycles. The van der Waals surface area contributed by atoms with Crippen LogP contribution in [0.1, 0.15) is 24.8 Å². The lowest BCUT2D eigenvalue weighted by atomic mass is 10.2. The summed E-state index contributed by atoms with van der Waals surface area (Å²) in [7, 11) is 0. The molecule has 34 heavy (non-hydrogen) atoms. The number of benzene rings is 3. The minimum atomic E-state index is -0.556. The average Bonchev–Trinajstić information content (AvgIpc) is 2.80. The smallest absolute Gasteiger partial charge is 0.306 e. The first-order chi connectivity index (χ1) is 16.4. The van der Waals surface area contributed by atoms with E-state index in [0.717, 1.165) is 11.3 Å². The number of aryl methyl sites for hydroxylation is 1. The SMILES string of the molecule is Cc1cccc(Oc2ccc(NC(=O)CCCC(=O)OCC(=O)Nc3ccccc3Cl)cc2)c1. The Morgan fingerprint density at radius 3 is 2.32 bits per heavy atom. The van der Waals surface area contributed by atoms with E-state index in [9.17, 15) is 14.4 Å². The molecule has 0 atom stereocenters. The molecule has 0 bridgehead atoms. The maximum absolute atomic E-state index is 12.1. The molecule has 2 amide bonds. The molecule has 0 spiro atoms. The van der Waals surface area contributed by atoms with Crippen LogP contribution < -0.4 is 15.4 Å². The van der Waals surface area contributed by atoms with Crippen LogP contribution in [0.3, 0.4) is 0 Å². The van der Waals surface area contributed by atoms with Crippen molar-refractivity contribution in [3.8, 4) is 11.5 Å². The number of anilines is 2. The number of rotatable bonds is 10. The predicted molar refractivity (Wildman–Crippen MR) is 131 cm³/mol. The number of amides is 2. The molecule has 0 unspecified atom stereocenters. The molecule has 0 fully saturated rings. The van der Waals surface area contributed by atoms with Gasteiger partial charge >= 0.3 is 5.97 Å². The Hall–Kier alpha value is -3.84. The molecule has 0 radical (unpaired) electrons. The lowest BCUT2D eigenvalue weighted by Crippen LogP contribution is -2.21. The third-order valence-corrected chi connectivity index (χ3v) is 4.99. The van der Waals surface area contributed by atoms with Gasteiger partial charge in [-0.25, -0.2) is 0 Å². The summed E-state index contributed by atoms with van der Waals surface area (Å²) in [6.45, 7) is 1.57. The number of carbonyl (C=O) groups excluding carboxylic acids is 3. The van der Waals surface area contributed by atoms with Gasteiger partial charge in [0.1, 0.15) is 11.5 Å². The van der Waals surface area contributed by atoms with Crippen LogP contribution in [-0.2, 0) is 19.1 Å². The van der Waals surface area contributed by atoms with Crippen LogP contribution in [0, 0.1) is 6.92 Å². The van der Waals surface area contributed by atoms with Gasteiger partial charge in [-0.15, -0.1) is 0 Å². The summed E-state index contributed by atoms with van der Waals surface area (Å²) < 4.78 is 10.7. The van der Waals surface area contributed by atoms with E-state index in [1.807, 2.05) is 31.2 Å². The van der Waals surface area contributed by atoms with E-state index in [2.05, 4.69) is 10.6 Å². The second-order valence-corrected chi connectivity index (χ2v) is 7.94. The summed E-state index contributed by atoms with van der Waals surface area (Å²) in [4.78, 5) is 35.9. The first kappa shape index (κ1) is 24.8. The van der Waals surface area contributed by atoms with Crippen LogP contribution in [0.25, 0.3) is 0 Å². The molecular weight excluding hydrogens is 456 g/mol. The molecular formula is C26H25ClN2O5. The third kappa shape index (κ3) is 8.26. The number of hydrogen-bond acceptors (Lipinski definition) is 5. The fourth-order valence-electron chi connectivity index (χ4n) is 3.01. The molecule has 0 aliphatic carbocycles. The Balaban J connectivity index is 1.33. The van der Waals surface area contributed by atoms with Crippen LogP contribution in [0.5, 0.6) is 11.5 Å². The van der Waals surface area contributed by atoms with Crippen molar-refractivity contribution < 1.29 is 23.9 Å². The highest BCUT2D eigenvalue weighted by atomic mass is 35.5. The Morgan fingerprint density at radius 1 is 0.824 bits per heavy atom. The van der Waals surface area contributed by atoms with Crippen LogP contribution in [0.15, 0.2) is 72.8 Å². The van der Waals surface area contributed by atoms with Crippen LogP contribution in [0.4, 0.5) is 11.4 Å². The highest BCUT2D eigenvalue weighted by Gasteiger charge is 2.11. The number of halogens is 1. The molecule has 0 aliphatic rings. The van der Waals surface area contributed by atoms with E-state index in [-0.39, 0.29) is 18.7 Å². The second-order valence-electron chi connectivity index (χ2n) is 7.53. The quantitative estimate of drug-likeness (QED) is 0.361. The zero-order valence-electron chi connectivity index (χ0n) is 18.7. The molecule has 0 heterocycles. The first-order valence-corrected chi connectivity index (χ1v) is 11.1. The van der Waals surface area contributed by atoms with Crippen molar-refractivity contribution >= 4 is 40.8 Å². The zero-order chi connectivity index (χ0) is 24.3. The van der Waals surface area contributed by atoms with Gasteiger partial charge in [-0.05, 0) is 67.4 Å². The van der Waals surface area contributed by atoms with Gasteiger partial charge in [-0.2, -0.15) is 0 Å². The molecule has 7 nitrogen and oxygen atoms in total. The second kappa shape index (κ2) is 12.4. The largest absolute Gasteiger partial charge is 0.457 e. The van der Waals surface area contributed by atoms with Gasteiger partial charge in [0.15, 0.2) is 6.61 Å². The van der Waals surface area contributed by atoms with Gasteiger partial charge < -0.3 is 20.1 Å². The van der Waals surface area contributed by atoms with E-state index in [1.165, 1.54) is 0 Å². The summed E-state index contributed by atoms with van der Waals surface area (Å²) in [6, 6.07) is 21.5. The zero-order valence-corrected chi connectivity index (χ0v) is 19.4. The Kier molecular flexibility index (Phi) is 9.05. The Bertz CT molecular complexity index is 1150. The highest BCUT2D eigenvalue weighted by Crippen LogP contribution is 2.24. The normalized spacial score (nSPS) is 10.3. The van der Waals surface area contributed by atoms with Crippen molar-refractivity contribution in [2.45, 2.75) is 26.2 Å². The van der Waals surface area contributed by atoms with Crippen LogP contribution in [0.2, 0.25) is 5.02 Å². The molecule has 3 rings (SSSR count). The summed E-state index contributed by atoms with van der Waals surface area (Å²) in [6.07, 6.45) is 0.462. The summed E-state index contributed by atoms with van der Waals surface area (Å²) in [5.74, 6) is 0.125. The van der Waals surface area contributed by atoms with Crippen molar-refractivity contribution in [1.82, 2.24) is 0 Å². The topological polar surface area (TPSA) is 93.7 Å². The van der Waals surface area contributed by atoms with Gasteiger partial charge in [-0.1, -0.05) is 35.9 Å². The predicted octanol–water partition coefficient (Wildman–Crippen LogP) is 5.73. The third-order valence-electron chi connectivity index (χ3n) is 4.66. The van der Waals surface area contributed by atoms with Gasteiger partial charge in [0.2, 0.25) is 5.91 Å². The lowest BCUT2D eigenvalue weighted by Gasteiger charge is -2.09. The molecule has 3 aromatic rings.